The molecule has 0 aliphatic carbocycles. The Labute approximate surface area is 145 Å². The summed E-state index contributed by atoms with van der Waals surface area (Å²) in [7, 11) is 0. The van der Waals surface area contributed by atoms with Gasteiger partial charge in [0.25, 0.3) is 0 Å². The molecule has 2 nitrogen and oxygen atoms in total. The van der Waals surface area contributed by atoms with Gasteiger partial charge in [-0.2, -0.15) is 5.10 Å². The normalized spacial score (nSPS) is 11.2. The van der Waals surface area contributed by atoms with E-state index in [1.807, 2.05) is 41.1 Å². The summed E-state index contributed by atoms with van der Waals surface area (Å²) in [5.74, 6) is 0. The molecule has 2 aromatic heterocycles. The van der Waals surface area contributed by atoms with Crippen LogP contribution in [0.1, 0.15) is 11.3 Å². The third-order valence-electron chi connectivity index (χ3n) is 3.76. The number of aromatic nitrogens is 2. The fraction of sp³-hybridized carbons (Fsp3) is 0. The van der Waals surface area contributed by atoms with Gasteiger partial charge in [0.2, 0.25) is 0 Å². The molecule has 0 N–H and O–H groups in total. The van der Waals surface area contributed by atoms with Crippen molar-refractivity contribution in [3.05, 3.63) is 95.5 Å². The van der Waals surface area contributed by atoms with Crippen molar-refractivity contribution < 1.29 is 0 Å². The highest BCUT2D eigenvalue weighted by Gasteiger charge is 2.09. The minimum atomic E-state index is 1.00. The molecule has 4 aromatic rings. The number of rotatable bonds is 4. The zero-order valence-corrected chi connectivity index (χ0v) is 13.9. The second-order valence-corrected chi connectivity index (χ2v) is 6.37. The Morgan fingerprint density at radius 1 is 0.792 bits per heavy atom. The molecular weight excluding hydrogens is 312 g/mol. The lowest BCUT2D eigenvalue weighted by Gasteiger charge is -2.03. The molecule has 0 unspecified atom stereocenters. The van der Waals surface area contributed by atoms with Gasteiger partial charge in [0, 0.05) is 0 Å². The summed E-state index contributed by atoms with van der Waals surface area (Å²) in [4.78, 5) is 1.18. The predicted molar refractivity (Wildman–Crippen MR) is 102 cm³/mol. The van der Waals surface area contributed by atoms with E-state index in [4.69, 9.17) is 5.10 Å². The van der Waals surface area contributed by atoms with Crippen LogP contribution in [0.4, 0.5) is 0 Å². The average molecular weight is 328 g/mol. The molecule has 116 valence electrons. The van der Waals surface area contributed by atoms with E-state index in [1.54, 1.807) is 11.3 Å². The van der Waals surface area contributed by atoms with E-state index < -0.39 is 0 Å². The molecule has 2 aromatic carbocycles. The van der Waals surface area contributed by atoms with Gasteiger partial charge in [-0.25, -0.2) is 4.68 Å². The number of hydrogen-bond donors (Lipinski definition) is 0. The Bertz CT molecular complexity index is 936. The summed E-state index contributed by atoms with van der Waals surface area (Å²) in [6.45, 7) is 0. The first-order chi connectivity index (χ1) is 11.9. The lowest BCUT2D eigenvalue weighted by molar-refractivity contribution is 0.876. The van der Waals surface area contributed by atoms with Gasteiger partial charge in [0.1, 0.15) is 5.69 Å². The maximum absolute atomic E-state index is 4.81. The van der Waals surface area contributed by atoms with Crippen LogP contribution in [0, 0.1) is 0 Å². The Kier molecular flexibility index (Phi) is 4.09. The Morgan fingerprint density at radius 2 is 1.54 bits per heavy atom. The Balaban J connectivity index is 1.78. The molecule has 0 spiro atoms. The van der Waals surface area contributed by atoms with Crippen LogP contribution in [0.15, 0.2) is 84.2 Å². The third-order valence-corrected chi connectivity index (χ3v) is 4.65. The van der Waals surface area contributed by atoms with E-state index in [2.05, 4.69) is 60.0 Å². The maximum Gasteiger partial charge on any atom is 0.103 e. The van der Waals surface area contributed by atoms with Crippen molar-refractivity contribution in [3.63, 3.8) is 0 Å². The second kappa shape index (κ2) is 6.69. The summed E-state index contributed by atoms with van der Waals surface area (Å²) in [5, 5.41) is 6.89. The summed E-state index contributed by atoms with van der Waals surface area (Å²) >= 11 is 1.71. The molecule has 2 heterocycles. The first-order valence-corrected chi connectivity index (χ1v) is 8.71. The van der Waals surface area contributed by atoms with Crippen LogP contribution in [-0.2, 0) is 0 Å². The summed E-state index contributed by atoms with van der Waals surface area (Å²) < 4.78 is 1.99. The summed E-state index contributed by atoms with van der Waals surface area (Å²) in [6.07, 6.45) is 4.24. The highest BCUT2D eigenvalue weighted by atomic mass is 32.1. The van der Waals surface area contributed by atoms with Crippen LogP contribution >= 0.6 is 11.3 Å². The van der Waals surface area contributed by atoms with Gasteiger partial charge in [-0.15, -0.1) is 11.3 Å². The number of benzene rings is 2. The molecule has 0 saturated carbocycles. The molecule has 0 amide bonds. The third kappa shape index (κ3) is 3.07. The first kappa shape index (κ1) is 14.7. The molecule has 0 radical (unpaired) electrons. The van der Waals surface area contributed by atoms with Gasteiger partial charge in [-0.05, 0) is 41.3 Å². The van der Waals surface area contributed by atoms with E-state index >= 15 is 0 Å². The summed E-state index contributed by atoms with van der Waals surface area (Å²) in [5.41, 5.74) is 4.30. The van der Waals surface area contributed by atoms with E-state index in [1.165, 1.54) is 10.4 Å². The molecule has 4 rings (SSSR count). The zero-order chi connectivity index (χ0) is 16.2. The largest absolute Gasteiger partial charge is 0.233 e. The standard InChI is InChI=1S/C21H16N2S/c1-3-8-17(9-4-1)13-14-19-16-20(21-12-7-15-24-21)22-23(19)18-10-5-2-6-11-18/h1-16H. The number of para-hydroxylation sites is 1. The van der Waals surface area contributed by atoms with Gasteiger partial charge in [0.15, 0.2) is 0 Å². The molecule has 24 heavy (non-hydrogen) atoms. The molecule has 0 saturated heterocycles. The van der Waals surface area contributed by atoms with Crippen LogP contribution in [0.2, 0.25) is 0 Å². The van der Waals surface area contributed by atoms with Crippen molar-refractivity contribution in [3.8, 4) is 16.3 Å². The predicted octanol–water partition coefficient (Wildman–Crippen LogP) is 5.77. The highest BCUT2D eigenvalue weighted by Crippen LogP contribution is 2.26. The van der Waals surface area contributed by atoms with Gasteiger partial charge in [0.05, 0.1) is 16.3 Å². The first-order valence-electron chi connectivity index (χ1n) is 7.83. The SMILES string of the molecule is C(=Cc1cc(-c2cccs2)nn1-c1ccccc1)c1ccccc1. The fourth-order valence-corrected chi connectivity index (χ4v) is 3.26. The lowest BCUT2D eigenvalue weighted by atomic mass is 10.2. The van der Waals surface area contributed by atoms with E-state index in [0.717, 1.165) is 17.1 Å². The molecule has 0 aliphatic heterocycles. The van der Waals surface area contributed by atoms with Crippen molar-refractivity contribution >= 4 is 23.5 Å². The molecule has 0 bridgehead atoms. The zero-order valence-electron chi connectivity index (χ0n) is 13.0. The highest BCUT2D eigenvalue weighted by molar-refractivity contribution is 7.13. The quantitative estimate of drug-likeness (QED) is 0.465. The smallest absolute Gasteiger partial charge is 0.103 e. The van der Waals surface area contributed by atoms with Crippen molar-refractivity contribution in [2.45, 2.75) is 0 Å². The monoisotopic (exact) mass is 328 g/mol. The topological polar surface area (TPSA) is 17.8 Å². The molecule has 0 fully saturated rings. The van der Waals surface area contributed by atoms with Crippen molar-refractivity contribution in [2.24, 2.45) is 0 Å². The minimum absolute atomic E-state index is 1.00. The Morgan fingerprint density at radius 3 is 2.25 bits per heavy atom. The minimum Gasteiger partial charge on any atom is -0.233 e. The summed E-state index contributed by atoms with van der Waals surface area (Å²) in [6, 6.07) is 26.9. The number of hydrogen-bond acceptors (Lipinski definition) is 2. The average Bonchev–Trinajstić information content (AvgIpc) is 3.31. The lowest BCUT2D eigenvalue weighted by Crippen LogP contribution is -1.98. The number of nitrogens with zero attached hydrogens (tertiary/aromatic N) is 2. The van der Waals surface area contributed by atoms with Crippen LogP contribution in [0.3, 0.4) is 0 Å². The van der Waals surface area contributed by atoms with Crippen molar-refractivity contribution in [1.82, 2.24) is 9.78 Å². The number of thiophene rings is 1. The maximum atomic E-state index is 4.81. The molecule has 3 heteroatoms. The van der Waals surface area contributed by atoms with Gasteiger partial charge < -0.3 is 0 Å². The molecular formula is C21H16N2S. The van der Waals surface area contributed by atoms with Crippen molar-refractivity contribution in [2.75, 3.05) is 0 Å². The van der Waals surface area contributed by atoms with Gasteiger partial charge in [-0.3, -0.25) is 0 Å². The van der Waals surface area contributed by atoms with Crippen molar-refractivity contribution in [1.29, 1.82) is 0 Å². The van der Waals surface area contributed by atoms with E-state index in [9.17, 15) is 0 Å². The van der Waals surface area contributed by atoms with Gasteiger partial charge in [-0.1, -0.05) is 60.7 Å². The van der Waals surface area contributed by atoms with Crippen LogP contribution < -0.4 is 0 Å². The Hall–Kier alpha value is -2.91. The van der Waals surface area contributed by atoms with Gasteiger partial charge >= 0.3 is 0 Å². The van der Waals surface area contributed by atoms with E-state index in [0.29, 0.717) is 0 Å². The van der Waals surface area contributed by atoms with Crippen LogP contribution in [0.25, 0.3) is 28.4 Å². The fourth-order valence-electron chi connectivity index (χ4n) is 2.58. The van der Waals surface area contributed by atoms with Crippen LogP contribution in [-0.4, -0.2) is 9.78 Å². The molecule has 0 aliphatic rings. The van der Waals surface area contributed by atoms with E-state index in [-0.39, 0.29) is 0 Å². The van der Waals surface area contributed by atoms with Crippen LogP contribution in [0.5, 0.6) is 0 Å². The second-order valence-electron chi connectivity index (χ2n) is 5.42. The molecule has 0 atom stereocenters.